The summed E-state index contributed by atoms with van der Waals surface area (Å²) < 4.78 is 0. The van der Waals surface area contributed by atoms with E-state index < -0.39 is 0 Å². The predicted octanol–water partition coefficient (Wildman–Crippen LogP) is 2.23. The molecule has 1 aromatic rings. The Morgan fingerprint density at radius 2 is 1.93 bits per heavy atom. The van der Waals surface area contributed by atoms with Crippen LogP contribution >= 0.6 is 11.3 Å². The number of nitrogens with zero attached hydrogens (tertiary/aromatic N) is 3. The zero-order valence-electron chi connectivity index (χ0n) is 10.2. The first-order valence-corrected chi connectivity index (χ1v) is 6.35. The Kier molecular flexibility index (Phi) is 5.05. The van der Waals surface area contributed by atoms with Crippen molar-refractivity contribution in [1.82, 2.24) is 9.88 Å². The molecule has 0 aromatic carbocycles. The van der Waals surface area contributed by atoms with Gasteiger partial charge in [-0.2, -0.15) is 0 Å². The zero-order chi connectivity index (χ0) is 11.3. The van der Waals surface area contributed by atoms with Crippen LogP contribution in [0.3, 0.4) is 0 Å². The van der Waals surface area contributed by atoms with Gasteiger partial charge in [-0.25, -0.2) is 4.98 Å². The summed E-state index contributed by atoms with van der Waals surface area (Å²) in [7, 11) is 2.11. The average molecular weight is 227 g/mol. The van der Waals surface area contributed by atoms with E-state index in [0.717, 1.165) is 31.3 Å². The molecule has 0 saturated heterocycles. The van der Waals surface area contributed by atoms with Crippen molar-refractivity contribution in [3.8, 4) is 0 Å². The van der Waals surface area contributed by atoms with Gasteiger partial charge in [0.05, 0.1) is 0 Å². The molecule has 86 valence electrons. The van der Waals surface area contributed by atoms with E-state index in [1.807, 2.05) is 6.20 Å². The maximum atomic E-state index is 4.37. The maximum absolute atomic E-state index is 4.37. The lowest BCUT2D eigenvalue weighted by atomic mass is 10.4. The molecule has 0 N–H and O–H groups in total. The van der Waals surface area contributed by atoms with Crippen molar-refractivity contribution in [3.05, 3.63) is 11.1 Å². The van der Waals surface area contributed by atoms with Gasteiger partial charge in [0.25, 0.3) is 0 Å². The Morgan fingerprint density at radius 3 is 2.40 bits per heavy atom. The largest absolute Gasteiger partial charge is 0.350 e. The molecule has 0 spiro atoms. The van der Waals surface area contributed by atoms with Crippen LogP contribution in [0.4, 0.5) is 5.13 Å². The molecule has 1 aromatic heterocycles. The van der Waals surface area contributed by atoms with Crippen molar-refractivity contribution in [2.24, 2.45) is 0 Å². The molecule has 0 amide bonds. The first-order chi connectivity index (χ1) is 7.17. The minimum absolute atomic E-state index is 1.05. The number of aryl methyl sites for hydroxylation is 1. The molecule has 0 atom stereocenters. The van der Waals surface area contributed by atoms with Gasteiger partial charge in [0.1, 0.15) is 0 Å². The fourth-order valence-corrected chi connectivity index (χ4v) is 2.19. The first kappa shape index (κ1) is 12.5. The minimum atomic E-state index is 1.05. The summed E-state index contributed by atoms with van der Waals surface area (Å²) in [5.41, 5.74) is 0. The van der Waals surface area contributed by atoms with Crippen LogP contribution in [-0.2, 0) is 0 Å². The number of anilines is 1. The summed E-state index contributed by atoms with van der Waals surface area (Å²) in [4.78, 5) is 10.3. The summed E-state index contributed by atoms with van der Waals surface area (Å²) in [6.45, 7) is 10.9. The van der Waals surface area contributed by atoms with Crippen LogP contribution in [0.15, 0.2) is 6.20 Å². The third-order valence-electron chi connectivity index (χ3n) is 2.58. The maximum Gasteiger partial charge on any atom is 0.185 e. The lowest BCUT2D eigenvalue weighted by Crippen LogP contribution is -2.32. The average Bonchev–Trinajstić information content (AvgIpc) is 2.66. The number of aromatic nitrogens is 1. The van der Waals surface area contributed by atoms with Crippen molar-refractivity contribution in [2.45, 2.75) is 20.8 Å². The smallest absolute Gasteiger partial charge is 0.185 e. The van der Waals surface area contributed by atoms with Gasteiger partial charge in [0.2, 0.25) is 0 Å². The second-order valence-electron chi connectivity index (χ2n) is 3.70. The summed E-state index contributed by atoms with van der Waals surface area (Å²) in [5, 5.41) is 1.12. The molecule has 15 heavy (non-hydrogen) atoms. The normalized spacial score (nSPS) is 11.0. The highest BCUT2D eigenvalue weighted by Crippen LogP contribution is 2.19. The quantitative estimate of drug-likeness (QED) is 0.743. The number of thiazole rings is 1. The van der Waals surface area contributed by atoms with Crippen molar-refractivity contribution >= 4 is 16.5 Å². The third-order valence-corrected chi connectivity index (χ3v) is 3.61. The van der Waals surface area contributed by atoms with E-state index in [-0.39, 0.29) is 0 Å². The van der Waals surface area contributed by atoms with Gasteiger partial charge in [-0.05, 0) is 20.0 Å². The summed E-state index contributed by atoms with van der Waals surface area (Å²) in [6, 6.07) is 0. The highest BCUT2D eigenvalue weighted by atomic mass is 32.1. The van der Waals surface area contributed by atoms with Crippen LogP contribution in [-0.4, -0.2) is 43.1 Å². The van der Waals surface area contributed by atoms with Crippen LogP contribution < -0.4 is 4.90 Å². The molecule has 0 unspecified atom stereocenters. The van der Waals surface area contributed by atoms with Gasteiger partial charge in [0.15, 0.2) is 5.13 Å². The Hall–Kier alpha value is -0.610. The van der Waals surface area contributed by atoms with Gasteiger partial charge < -0.3 is 9.80 Å². The molecule has 0 aliphatic rings. The lowest BCUT2D eigenvalue weighted by Gasteiger charge is -2.22. The van der Waals surface area contributed by atoms with Crippen molar-refractivity contribution in [1.29, 1.82) is 0 Å². The highest BCUT2D eigenvalue weighted by molar-refractivity contribution is 7.15. The molecular formula is C11H21N3S. The number of hydrogen-bond acceptors (Lipinski definition) is 4. The van der Waals surface area contributed by atoms with Gasteiger partial charge >= 0.3 is 0 Å². The van der Waals surface area contributed by atoms with Crippen LogP contribution in [0.1, 0.15) is 18.7 Å². The highest BCUT2D eigenvalue weighted by Gasteiger charge is 2.06. The van der Waals surface area contributed by atoms with Crippen LogP contribution in [0.5, 0.6) is 0 Å². The molecule has 0 aliphatic carbocycles. The second kappa shape index (κ2) is 6.08. The van der Waals surface area contributed by atoms with E-state index in [4.69, 9.17) is 0 Å². The summed E-state index contributed by atoms with van der Waals surface area (Å²) in [5.74, 6) is 0. The third kappa shape index (κ3) is 3.80. The van der Waals surface area contributed by atoms with Gasteiger partial charge in [-0.15, -0.1) is 11.3 Å². The van der Waals surface area contributed by atoms with Crippen molar-refractivity contribution in [3.63, 3.8) is 0 Å². The Morgan fingerprint density at radius 1 is 1.27 bits per heavy atom. The number of rotatable bonds is 6. The number of hydrogen-bond donors (Lipinski definition) is 0. The second-order valence-corrected chi connectivity index (χ2v) is 4.92. The molecule has 0 saturated carbocycles. The van der Waals surface area contributed by atoms with E-state index in [0.29, 0.717) is 0 Å². The molecule has 4 heteroatoms. The Labute approximate surface area is 96.7 Å². The van der Waals surface area contributed by atoms with Crippen LogP contribution in [0.25, 0.3) is 0 Å². The van der Waals surface area contributed by atoms with Gasteiger partial charge in [0, 0.05) is 31.2 Å². The molecule has 0 radical (unpaired) electrons. The van der Waals surface area contributed by atoms with E-state index in [1.54, 1.807) is 11.3 Å². The summed E-state index contributed by atoms with van der Waals surface area (Å²) in [6.07, 6.45) is 1.94. The number of likely N-dealkylation sites (N-methyl/N-ethyl adjacent to an activating group) is 2. The fraction of sp³-hybridized carbons (Fsp3) is 0.727. The molecule has 0 bridgehead atoms. The van der Waals surface area contributed by atoms with E-state index in [9.17, 15) is 0 Å². The first-order valence-electron chi connectivity index (χ1n) is 5.53. The fourth-order valence-electron chi connectivity index (χ4n) is 1.45. The standard InChI is InChI=1S/C11H21N3S/c1-5-14(6-2)8-7-13(4)11-12-9-10(3)15-11/h9H,5-8H2,1-4H3. The van der Waals surface area contributed by atoms with E-state index in [2.05, 4.69) is 42.6 Å². The zero-order valence-corrected chi connectivity index (χ0v) is 11.0. The van der Waals surface area contributed by atoms with Crippen LogP contribution in [0, 0.1) is 6.92 Å². The Balaban J connectivity index is 2.39. The van der Waals surface area contributed by atoms with E-state index in [1.165, 1.54) is 4.88 Å². The monoisotopic (exact) mass is 227 g/mol. The molecule has 0 fully saturated rings. The van der Waals surface area contributed by atoms with Gasteiger partial charge in [-0.1, -0.05) is 13.8 Å². The molecular weight excluding hydrogens is 206 g/mol. The lowest BCUT2D eigenvalue weighted by molar-refractivity contribution is 0.311. The molecule has 1 rings (SSSR count). The topological polar surface area (TPSA) is 19.4 Å². The Bertz CT molecular complexity index is 281. The summed E-state index contributed by atoms with van der Waals surface area (Å²) >= 11 is 1.76. The molecule has 3 nitrogen and oxygen atoms in total. The molecule has 0 aliphatic heterocycles. The van der Waals surface area contributed by atoms with E-state index >= 15 is 0 Å². The SMILES string of the molecule is CCN(CC)CCN(C)c1ncc(C)s1. The molecule has 1 heterocycles. The van der Waals surface area contributed by atoms with Crippen molar-refractivity contribution < 1.29 is 0 Å². The van der Waals surface area contributed by atoms with Gasteiger partial charge in [-0.3, -0.25) is 0 Å². The van der Waals surface area contributed by atoms with Crippen molar-refractivity contribution in [2.75, 3.05) is 38.1 Å². The predicted molar refractivity (Wildman–Crippen MR) is 67.9 cm³/mol. The minimum Gasteiger partial charge on any atom is -0.350 e. The van der Waals surface area contributed by atoms with Crippen LogP contribution in [0.2, 0.25) is 0 Å².